The van der Waals surface area contributed by atoms with E-state index in [1.807, 2.05) is 25.3 Å². The normalized spacial score (nSPS) is 12.7. The molecule has 2 heterocycles. The van der Waals surface area contributed by atoms with Crippen LogP contribution in [-0.2, 0) is 0 Å². The van der Waals surface area contributed by atoms with Crippen LogP contribution in [0.5, 0.6) is 0 Å². The Labute approximate surface area is 105 Å². The van der Waals surface area contributed by atoms with E-state index in [-0.39, 0.29) is 18.0 Å². The lowest BCUT2D eigenvalue weighted by Crippen LogP contribution is -2.28. The van der Waals surface area contributed by atoms with Crippen molar-refractivity contribution in [2.75, 3.05) is 0 Å². The summed E-state index contributed by atoms with van der Waals surface area (Å²) in [5.41, 5.74) is 0.498. The van der Waals surface area contributed by atoms with Crippen molar-refractivity contribution >= 4 is 5.91 Å². The average Bonchev–Trinajstić information content (AvgIpc) is 3.00. The van der Waals surface area contributed by atoms with Gasteiger partial charge in [-0.05, 0) is 20.8 Å². The third kappa shape index (κ3) is 2.39. The molecule has 0 aromatic carbocycles. The van der Waals surface area contributed by atoms with Gasteiger partial charge >= 0.3 is 0 Å². The van der Waals surface area contributed by atoms with E-state index in [2.05, 4.69) is 25.7 Å². The van der Waals surface area contributed by atoms with Gasteiger partial charge in [0.25, 0.3) is 5.91 Å². The van der Waals surface area contributed by atoms with Gasteiger partial charge in [-0.1, -0.05) is 0 Å². The van der Waals surface area contributed by atoms with Crippen molar-refractivity contribution < 1.29 is 4.79 Å². The number of rotatable bonds is 4. The van der Waals surface area contributed by atoms with Crippen LogP contribution in [0, 0.1) is 0 Å². The first kappa shape index (κ1) is 12.3. The zero-order valence-electron chi connectivity index (χ0n) is 10.6. The van der Waals surface area contributed by atoms with E-state index in [1.54, 1.807) is 12.5 Å². The second-order valence-corrected chi connectivity index (χ2v) is 4.37. The van der Waals surface area contributed by atoms with E-state index >= 15 is 0 Å². The Balaban J connectivity index is 2.10. The minimum absolute atomic E-state index is 0.186. The number of carbonyl (C=O) groups excluding carboxylic acids is 1. The van der Waals surface area contributed by atoms with E-state index in [0.717, 1.165) is 5.82 Å². The number of aromatic amines is 1. The molecule has 0 saturated heterocycles. The Hall–Kier alpha value is -2.18. The first-order chi connectivity index (χ1) is 8.59. The van der Waals surface area contributed by atoms with Gasteiger partial charge in [-0.15, -0.1) is 10.2 Å². The Morgan fingerprint density at radius 1 is 1.44 bits per heavy atom. The van der Waals surface area contributed by atoms with Gasteiger partial charge in [0.2, 0.25) is 0 Å². The molecule has 7 heteroatoms. The van der Waals surface area contributed by atoms with Crippen molar-refractivity contribution in [3.05, 3.63) is 30.1 Å². The molecule has 96 valence electrons. The van der Waals surface area contributed by atoms with Gasteiger partial charge in [0.05, 0.1) is 17.8 Å². The molecule has 0 aliphatic carbocycles. The van der Waals surface area contributed by atoms with Crippen LogP contribution >= 0.6 is 0 Å². The van der Waals surface area contributed by atoms with Crippen LogP contribution in [-0.4, -0.2) is 30.9 Å². The lowest BCUT2D eigenvalue weighted by molar-refractivity contribution is 0.0937. The summed E-state index contributed by atoms with van der Waals surface area (Å²) in [6, 6.07) is 0.0422. The second kappa shape index (κ2) is 4.99. The molecule has 0 spiro atoms. The summed E-state index contributed by atoms with van der Waals surface area (Å²) in [7, 11) is 0. The molecule has 0 aliphatic heterocycles. The fourth-order valence-corrected chi connectivity index (χ4v) is 1.68. The highest BCUT2D eigenvalue weighted by atomic mass is 16.1. The van der Waals surface area contributed by atoms with Crippen LogP contribution < -0.4 is 5.32 Å². The lowest BCUT2D eigenvalue weighted by Gasteiger charge is -2.16. The number of amides is 1. The van der Waals surface area contributed by atoms with Gasteiger partial charge in [0.15, 0.2) is 5.82 Å². The zero-order chi connectivity index (χ0) is 13.1. The van der Waals surface area contributed by atoms with E-state index in [4.69, 9.17) is 0 Å². The van der Waals surface area contributed by atoms with Crippen molar-refractivity contribution in [3.8, 4) is 0 Å². The molecule has 0 bridgehead atoms. The first-order valence-electron chi connectivity index (χ1n) is 5.78. The molecule has 2 rings (SSSR count). The zero-order valence-corrected chi connectivity index (χ0v) is 10.6. The van der Waals surface area contributed by atoms with Gasteiger partial charge in [0, 0.05) is 12.2 Å². The molecule has 2 aromatic heterocycles. The molecule has 1 atom stereocenters. The molecule has 0 aliphatic rings. The van der Waals surface area contributed by atoms with Gasteiger partial charge in [0.1, 0.15) is 6.33 Å². The predicted octanol–water partition coefficient (Wildman–Crippen LogP) is 1.07. The maximum Gasteiger partial charge on any atom is 0.255 e. The summed E-state index contributed by atoms with van der Waals surface area (Å²) in [6.45, 7) is 5.95. The smallest absolute Gasteiger partial charge is 0.255 e. The number of aromatic nitrogens is 5. The minimum Gasteiger partial charge on any atom is -0.342 e. The SMILES string of the molecule is CC(C)n1cnnc1[C@@H](C)NC(=O)c1cn[nH]c1. The molecule has 2 N–H and O–H groups in total. The molecule has 0 saturated carbocycles. The maximum absolute atomic E-state index is 11.9. The van der Waals surface area contributed by atoms with Gasteiger partial charge in [-0.3, -0.25) is 9.89 Å². The molecule has 18 heavy (non-hydrogen) atoms. The Morgan fingerprint density at radius 2 is 2.22 bits per heavy atom. The Kier molecular flexibility index (Phi) is 3.40. The van der Waals surface area contributed by atoms with Crippen molar-refractivity contribution in [2.24, 2.45) is 0 Å². The number of H-pyrrole nitrogens is 1. The van der Waals surface area contributed by atoms with Crippen molar-refractivity contribution in [1.29, 1.82) is 0 Å². The molecule has 0 unspecified atom stereocenters. The molecule has 1 amide bonds. The van der Waals surface area contributed by atoms with Crippen molar-refractivity contribution in [1.82, 2.24) is 30.3 Å². The Morgan fingerprint density at radius 3 is 2.83 bits per heavy atom. The second-order valence-electron chi connectivity index (χ2n) is 4.37. The molecule has 7 nitrogen and oxygen atoms in total. The minimum atomic E-state index is -0.211. The van der Waals surface area contributed by atoms with Crippen LogP contribution in [0.15, 0.2) is 18.7 Å². The highest BCUT2D eigenvalue weighted by molar-refractivity contribution is 5.93. The highest BCUT2D eigenvalue weighted by Gasteiger charge is 2.18. The van der Waals surface area contributed by atoms with E-state index in [9.17, 15) is 4.79 Å². The van der Waals surface area contributed by atoms with Crippen LogP contribution in [0.4, 0.5) is 0 Å². The van der Waals surface area contributed by atoms with E-state index in [0.29, 0.717) is 5.56 Å². The van der Waals surface area contributed by atoms with Crippen LogP contribution in [0.3, 0.4) is 0 Å². The van der Waals surface area contributed by atoms with Crippen molar-refractivity contribution in [2.45, 2.75) is 32.9 Å². The van der Waals surface area contributed by atoms with Gasteiger partial charge in [-0.25, -0.2) is 0 Å². The number of hydrogen-bond acceptors (Lipinski definition) is 4. The topological polar surface area (TPSA) is 88.5 Å². The summed E-state index contributed by atoms with van der Waals surface area (Å²) < 4.78 is 1.93. The maximum atomic E-state index is 11.9. The summed E-state index contributed by atoms with van der Waals surface area (Å²) >= 11 is 0. The standard InChI is InChI=1S/C11H16N6O/c1-7(2)17-6-14-16-10(17)8(3)15-11(18)9-4-12-13-5-9/h4-8H,1-3H3,(H,12,13)(H,15,18)/t8-/m1/s1. The fraction of sp³-hybridized carbons (Fsp3) is 0.455. The fourth-order valence-electron chi connectivity index (χ4n) is 1.68. The summed E-state index contributed by atoms with van der Waals surface area (Å²) in [5, 5.41) is 17.1. The number of hydrogen-bond donors (Lipinski definition) is 2. The van der Waals surface area contributed by atoms with Gasteiger partial charge in [-0.2, -0.15) is 5.10 Å². The van der Waals surface area contributed by atoms with E-state index in [1.165, 1.54) is 6.20 Å². The van der Waals surface area contributed by atoms with Crippen LogP contribution in [0.25, 0.3) is 0 Å². The summed E-state index contributed by atoms with van der Waals surface area (Å²) in [5.74, 6) is 0.552. The molecular formula is C11H16N6O. The summed E-state index contributed by atoms with van der Waals surface area (Å²) in [4.78, 5) is 11.9. The lowest BCUT2D eigenvalue weighted by atomic mass is 10.2. The highest BCUT2D eigenvalue weighted by Crippen LogP contribution is 2.14. The number of carbonyl (C=O) groups is 1. The third-order valence-electron chi connectivity index (χ3n) is 2.65. The predicted molar refractivity (Wildman–Crippen MR) is 64.9 cm³/mol. The molecule has 2 aromatic rings. The Bertz CT molecular complexity index is 515. The largest absolute Gasteiger partial charge is 0.342 e. The van der Waals surface area contributed by atoms with Crippen LogP contribution in [0.1, 0.15) is 49.0 Å². The third-order valence-corrected chi connectivity index (χ3v) is 2.65. The van der Waals surface area contributed by atoms with Gasteiger partial charge < -0.3 is 9.88 Å². The molecule has 0 radical (unpaired) electrons. The van der Waals surface area contributed by atoms with Crippen molar-refractivity contribution in [3.63, 3.8) is 0 Å². The summed E-state index contributed by atoms with van der Waals surface area (Å²) in [6.07, 6.45) is 4.70. The monoisotopic (exact) mass is 248 g/mol. The average molecular weight is 248 g/mol. The van der Waals surface area contributed by atoms with Crippen LogP contribution in [0.2, 0.25) is 0 Å². The number of nitrogens with one attached hydrogen (secondary N) is 2. The number of nitrogens with zero attached hydrogens (tertiary/aromatic N) is 4. The quantitative estimate of drug-likeness (QED) is 0.847. The first-order valence-corrected chi connectivity index (χ1v) is 5.78. The molecule has 0 fully saturated rings. The molecular weight excluding hydrogens is 232 g/mol. The van der Waals surface area contributed by atoms with E-state index < -0.39 is 0 Å².